The highest BCUT2D eigenvalue weighted by Crippen LogP contribution is 2.28. The average molecular weight is 336 g/mol. The quantitative estimate of drug-likeness (QED) is 0.767. The molecule has 1 amide bonds. The van der Waals surface area contributed by atoms with Crippen LogP contribution in [-0.2, 0) is 12.7 Å². The fraction of sp³-hybridized carbons (Fsp3) is 0.133. The van der Waals surface area contributed by atoms with Gasteiger partial charge >= 0.3 is 6.18 Å². The van der Waals surface area contributed by atoms with Gasteiger partial charge in [0.1, 0.15) is 5.82 Å². The number of hydrogen-bond acceptors (Lipinski definition) is 5. The molecule has 0 saturated heterocycles. The van der Waals surface area contributed by atoms with Crippen molar-refractivity contribution in [3.05, 3.63) is 53.4 Å². The zero-order valence-corrected chi connectivity index (χ0v) is 12.1. The Bertz CT molecular complexity index is 905. The number of pyridine rings is 1. The van der Waals surface area contributed by atoms with Crippen molar-refractivity contribution in [2.45, 2.75) is 12.7 Å². The molecular weight excluding hydrogens is 325 g/mol. The highest BCUT2D eigenvalue weighted by atomic mass is 19.4. The smallest absolute Gasteiger partial charge is 0.383 e. The summed E-state index contributed by atoms with van der Waals surface area (Å²) in [5.41, 5.74) is 5.37. The van der Waals surface area contributed by atoms with Gasteiger partial charge in [-0.2, -0.15) is 13.2 Å². The molecule has 24 heavy (non-hydrogen) atoms. The molecule has 0 saturated carbocycles. The van der Waals surface area contributed by atoms with E-state index in [9.17, 15) is 18.0 Å². The molecule has 9 heteroatoms. The summed E-state index contributed by atoms with van der Waals surface area (Å²) in [6, 6.07) is 9.38. The summed E-state index contributed by atoms with van der Waals surface area (Å²) < 4.78 is 41.8. The third-order valence-electron chi connectivity index (χ3n) is 3.27. The number of fused-ring (bicyclic) bond motifs is 1. The number of aromatic nitrogens is 2. The Morgan fingerprint density at radius 2 is 2.00 bits per heavy atom. The second-order valence-electron chi connectivity index (χ2n) is 4.97. The topological polar surface area (TPSA) is 94.0 Å². The van der Waals surface area contributed by atoms with E-state index >= 15 is 0 Å². The van der Waals surface area contributed by atoms with Crippen LogP contribution in [0.5, 0.6) is 0 Å². The standard InChI is InChI=1S/C15H11F3N4O2/c16-15(17,18)12-6-9(24-22-12)7-20-14(23)10-5-8-3-1-2-4-11(8)21-13(10)19/h1-6H,7H2,(H2,19,21)(H,20,23). The maximum Gasteiger partial charge on any atom is 0.436 e. The van der Waals surface area contributed by atoms with Crippen molar-refractivity contribution in [1.29, 1.82) is 0 Å². The summed E-state index contributed by atoms with van der Waals surface area (Å²) in [6.45, 7) is -0.256. The van der Waals surface area contributed by atoms with Crippen LogP contribution in [0.25, 0.3) is 10.9 Å². The number of nitrogens with two attached hydrogens (primary N) is 1. The Morgan fingerprint density at radius 3 is 2.71 bits per heavy atom. The third-order valence-corrected chi connectivity index (χ3v) is 3.27. The minimum absolute atomic E-state index is 0.0275. The Labute approximate surface area is 133 Å². The number of carbonyl (C=O) groups excluding carboxylic acids is 1. The summed E-state index contributed by atoms with van der Waals surface area (Å²) >= 11 is 0. The molecule has 3 rings (SSSR count). The molecule has 0 aliphatic carbocycles. The highest BCUT2D eigenvalue weighted by molar-refractivity contribution is 6.01. The first-order valence-electron chi connectivity index (χ1n) is 6.81. The fourth-order valence-electron chi connectivity index (χ4n) is 2.11. The fourth-order valence-corrected chi connectivity index (χ4v) is 2.11. The van der Waals surface area contributed by atoms with Crippen molar-refractivity contribution in [2.24, 2.45) is 0 Å². The Kier molecular flexibility index (Phi) is 3.84. The summed E-state index contributed by atoms with van der Waals surface area (Å²) in [5.74, 6) is -0.668. The summed E-state index contributed by atoms with van der Waals surface area (Å²) in [7, 11) is 0. The van der Waals surface area contributed by atoms with Gasteiger partial charge in [0.2, 0.25) is 0 Å². The molecule has 6 nitrogen and oxygen atoms in total. The molecule has 0 radical (unpaired) electrons. The van der Waals surface area contributed by atoms with Crippen LogP contribution in [0, 0.1) is 0 Å². The van der Waals surface area contributed by atoms with E-state index in [0.717, 1.165) is 11.5 Å². The molecule has 0 spiro atoms. The predicted molar refractivity (Wildman–Crippen MR) is 78.8 cm³/mol. The van der Waals surface area contributed by atoms with Gasteiger partial charge in [0.25, 0.3) is 5.91 Å². The average Bonchev–Trinajstić information content (AvgIpc) is 3.01. The third kappa shape index (κ3) is 3.14. The number of nitrogens with zero attached hydrogens (tertiary/aromatic N) is 2. The summed E-state index contributed by atoms with van der Waals surface area (Å²) in [4.78, 5) is 16.3. The van der Waals surface area contributed by atoms with Crippen LogP contribution in [0.1, 0.15) is 21.8 Å². The van der Waals surface area contributed by atoms with Crippen LogP contribution >= 0.6 is 0 Å². The van der Waals surface area contributed by atoms with Gasteiger partial charge in [0.05, 0.1) is 17.6 Å². The van der Waals surface area contributed by atoms with Crippen LogP contribution in [-0.4, -0.2) is 16.0 Å². The zero-order valence-electron chi connectivity index (χ0n) is 12.1. The van der Waals surface area contributed by atoms with Crippen molar-refractivity contribution in [2.75, 3.05) is 5.73 Å². The maximum absolute atomic E-state index is 12.4. The van der Waals surface area contributed by atoms with E-state index in [1.54, 1.807) is 30.3 Å². The molecule has 2 aromatic heterocycles. The predicted octanol–water partition coefficient (Wildman–Crippen LogP) is 2.75. The number of halogens is 3. The normalized spacial score (nSPS) is 11.6. The second kappa shape index (κ2) is 5.84. The molecule has 2 heterocycles. The molecule has 1 aromatic carbocycles. The van der Waals surface area contributed by atoms with Gasteiger partial charge in [0, 0.05) is 11.5 Å². The lowest BCUT2D eigenvalue weighted by Gasteiger charge is -2.07. The Balaban J connectivity index is 1.75. The number of hydrogen-bond donors (Lipinski definition) is 2. The van der Waals surface area contributed by atoms with Gasteiger partial charge in [0.15, 0.2) is 11.5 Å². The van der Waals surface area contributed by atoms with Crippen molar-refractivity contribution < 1.29 is 22.5 Å². The lowest BCUT2D eigenvalue weighted by atomic mass is 10.1. The van der Waals surface area contributed by atoms with E-state index in [1.807, 2.05) is 0 Å². The number of nitrogens with one attached hydrogen (secondary N) is 1. The first kappa shape index (κ1) is 15.8. The summed E-state index contributed by atoms with van der Waals surface area (Å²) in [6.07, 6.45) is -4.60. The molecule has 0 unspecified atom stereocenters. The summed E-state index contributed by atoms with van der Waals surface area (Å²) in [5, 5.41) is 6.05. The monoisotopic (exact) mass is 336 g/mol. The largest absolute Gasteiger partial charge is 0.436 e. The highest BCUT2D eigenvalue weighted by Gasteiger charge is 2.34. The molecule has 0 aliphatic rings. The molecule has 0 aliphatic heterocycles. The SMILES string of the molecule is Nc1nc2ccccc2cc1C(=O)NCc1cc(C(F)(F)F)no1. The lowest BCUT2D eigenvalue weighted by Crippen LogP contribution is -2.24. The molecule has 124 valence electrons. The first-order chi connectivity index (χ1) is 11.3. The number of carbonyl (C=O) groups is 1. The van der Waals surface area contributed by atoms with Crippen LogP contribution in [0.2, 0.25) is 0 Å². The lowest BCUT2D eigenvalue weighted by molar-refractivity contribution is -0.142. The van der Waals surface area contributed by atoms with Crippen molar-refractivity contribution in [3.8, 4) is 0 Å². The molecule has 0 fully saturated rings. The number of alkyl halides is 3. The van der Waals surface area contributed by atoms with Crippen LogP contribution in [0.3, 0.4) is 0 Å². The number of nitrogen functional groups attached to an aromatic ring is 1. The maximum atomic E-state index is 12.4. The van der Waals surface area contributed by atoms with Gasteiger partial charge in [-0.25, -0.2) is 4.98 Å². The van der Waals surface area contributed by atoms with Crippen molar-refractivity contribution >= 4 is 22.6 Å². The number of rotatable bonds is 3. The van der Waals surface area contributed by atoms with Crippen LogP contribution in [0.15, 0.2) is 40.9 Å². The molecule has 3 N–H and O–H groups in total. The van der Waals surface area contributed by atoms with Gasteiger partial charge in [-0.05, 0) is 12.1 Å². The number of benzene rings is 1. The molecule has 0 atom stereocenters. The van der Waals surface area contributed by atoms with E-state index in [1.165, 1.54) is 0 Å². The Morgan fingerprint density at radius 1 is 1.25 bits per heavy atom. The minimum Gasteiger partial charge on any atom is -0.383 e. The van der Waals surface area contributed by atoms with Gasteiger partial charge in [-0.1, -0.05) is 23.4 Å². The van der Waals surface area contributed by atoms with Gasteiger partial charge in [-0.15, -0.1) is 0 Å². The number of para-hydroxylation sites is 1. The van der Waals surface area contributed by atoms with Crippen molar-refractivity contribution in [3.63, 3.8) is 0 Å². The molecule has 3 aromatic rings. The molecule has 0 bridgehead atoms. The number of anilines is 1. The number of amides is 1. The van der Waals surface area contributed by atoms with E-state index in [2.05, 4.69) is 20.0 Å². The van der Waals surface area contributed by atoms with Crippen LogP contribution in [0.4, 0.5) is 19.0 Å². The Hall–Kier alpha value is -3.10. The second-order valence-corrected chi connectivity index (χ2v) is 4.97. The van der Waals surface area contributed by atoms with E-state index in [4.69, 9.17) is 5.73 Å². The van der Waals surface area contributed by atoms with Crippen LogP contribution < -0.4 is 11.1 Å². The minimum atomic E-state index is -4.60. The van der Waals surface area contributed by atoms with E-state index in [0.29, 0.717) is 5.52 Å². The van der Waals surface area contributed by atoms with E-state index in [-0.39, 0.29) is 23.7 Å². The molecular formula is C15H11F3N4O2. The first-order valence-corrected chi connectivity index (χ1v) is 6.81. The zero-order chi connectivity index (χ0) is 17.3. The van der Waals surface area contributed by atoms with Crippen molar-refractivity contribution in [1.82, 2.24) is 15.5 Å². The van der Waals surface area contributed by atoms with Gasteiger partial charge < -0.3 is 15.6 Å². The van der Waals surface area contributed by atoms with E-state index < -0.39 is 17.8 Å². The van der Waals surface area contributed by atoms with Gasteiger partial charge in [-0.3, -0.25) is 4.79 Å².